The summed E-state index contributed by atoms with van der Waals surface area (Å²) in [6, 6.07) is -1.42. The summed E-state index contributed by atoms with van der Waals surface area (Å²) >= 11 is 0. The van der Waals surface area contributed by atoms with Crippen LogP contribution in [-0.4, -0.2) is 50.7 Å². The number of hydrogen-bond donors (Lipinski definition) is 5. The van der Waals surface area contributed by atoms with Gasteiger partial charge in [0, 0.05) is 0 Å². The second kappa shape index (κ2) is 5.53. The topological polar surface area (TPSA) is 127 Å². The molecule has 0 rings (SSSR count). The molecule has 0 aromatic rings. The van der Waals surface area contributed by atoms with Gasteiger partial charge in [-0.05, 0) is 6.92 Å². The number of carboxylic acids is 2. The van der Waals surface area contributed by atoms with Crippen LogP contribution >= 0.6 is 0 Å². The van der Waals surface area contributed by atoms with Gasteiger partial charge in [0.1, 0.15) is 12.3 Å². The van der Waals surface area contributed by atoms with E-state index in [0.717, 1.165) is 0 Å². The maximum absolute atomic E-state index is 10.5. The number of carbonyl (C=O) groups is 2. The summed E-state index contributed by atoms with van der Waals surface area (Å²) in [5.41, 5.74) is 0. The van der Waals surface area contributed by atoms with Crippen molar-refractivity contribution in [1.82, 2.24) is 5.32 Å². The lowest BCUT2D eigenvalue weighted by Crippen LogP contribution is -2.48. The first-order chi connectivity index (χ1) is 6.34. The lowest BCUT2D eigenvalue weighted by molar-refractivity contribution is -0.147. The van der Waals surface area contributed by atoms with Crippen molar-refractivity contribution in [2.24, 2.45) is 0 Å². The van der Waals surface area contributed by atoms with Crippen molar-refractivity contribution in [2.45, 2.75) is 31.7 Å². The van der Waals surface area contributed by atoms with Crippen LogP contribution in [0.15, 0.2) is 0 Å². The van der Waals surface area contributed by atoms with Gasteiger partial charge in [-0.2, -0.15) is 0 Å². The summed E-state index contributed by atoms with van der Waals surface area (Å²) in [5, 5.41) is 36.8. The summed E-state index contributed by atoms with van der Waals surface area (Å²) in [6.07, 6.45) is -3.31. The Bertz CT molecular complexity index is 216. The number of aliphatic hydroxyl groups excluding tert-OH is 2. The predicted octanol–water partition coefficient (Wildman–Crippen LogP) is -1.80. The quantitative estimate of drug-likeness (QED) is 0.325. The molecule has 0 aromatic heterocycles. The van der Waals surface area contributed by atoms with Crippen LogP contribution in [0.5, 0.6) is 0 Å². The first-order valence-electron chi connectivity index (χ1n) is 3.91. The normalized spacial score (nSPS) is 17.1. The van der Waals surface area contributed by atoms with Gasteiger partial charge in [0.25, 0.3) is 0 Å². The highest BCUT2D eigenvalue weighted by Crippen LogP contribution is 1.97. The van der Waals surface area contributed by atoms with Crippen LogP contribution < -0.4 is 5.32 Å². The highest BCUT2D eigenvalue weighted by atomic mass is 16.4. The molecule has 0 aliphatic carbocycles. The van der Waals surface area contributed by atoms with Crippen molar-refractivity contribution in [2.75, 3.05) is 0 Å². The van der Waals surface area contributed by atoms with Gasteiger partial charge in [-0.25, -0.2) is 0 Å². The molecule has 2 unspecified atom stereocenters. The number of aliphatic hydroxyl groups is 2. The molecule has 0 amide bonds. The third-order valence-corrected chi connectivity index (χ3v) is 1.51. The Hall–Kier alpha value is -1.18. The Kier molecular flexibility index (Phi) is 5.06. The van der Waals surface area contributed by atoms with Crippen molar-refractivity contribution >= 4 is 11.9 Å². The molecule has 0 saturated heterocycles. The van der Waals surface area contributed by atoms with Crippen molar-refractivity contribution < 1.29 is 30.0 Å². The van der Waals surface area contributed by atoms with Crippen LogP contribution in [0.3, 0.4) is 0 Å². The Morgan fingerprint density at radius 1 is 1.29 bits per heavy atom. The summed E-state index contributed by atoms with van der Waals surface area (Å²) in [4.78, 5) is 20.7. The largest absolute Gasteiger partial charge is 0.481 e. The third-order valence-electron chi connectivity index (χ3n) is 1.51. The van der Waals surface area contributed by atoms with Crippen LogP contribution in [0.1, 0.15) is 13.3 Å². The summed E-state index contributed by atoms with van der Waals surface area (Å²) < 4.78 is 0. The Labute approximate surface area is 80.0 Å². The Balaban J connectivity index is 4.23. The van der Waals surface area contributed by atoms with E-state index in [4.69, 9.17) is 20.4 Å². The zero-order chi connectivity index (χ0) is 11.3. The summed E-state index contributed by atoms with van der Waals surface area (Å²) in [5.74, 6) is -2.70. The van der Waals surface area contributed by atoms with Gasteiger partial charge in [-0.1, -0.05) is 0 Å². The second-order valence-corrected chi connectivity index (χ2v) is 2.84. The van der Waals surface area contributed by atoms with E-state index in [0.29, 0.717) is 0 Å². The van der Waals surface area contributed by atoms with E-state index in [1.54, 1.807) is 0 Å². The molecule has 14 heavy (non-hydrogen) atoms. The summed E-state index contributed by atoms with van der Waals surface area (Å²) in [6.45, 7) is 1.25. The minimum absolute atomic E-state index is 0.668. The molecule has 0 saturated carbocycles. The number of aliphatic carboxylic acids is 2. The van der Waals surface area contributed by atoms with E-state index in [-0.39, 0.29) is 0 Å². The molecule has 5 N–H and O–H groups in total. The maximum Gasteiger partial charge on any atom is 0.321 e. The predicted molar refractivity (Wildman–Crippen MR) is 44.5 cm³/mol. The molecule has 0 aliphatic heterocycles. The van der Waals surface area contributed by atoms with E-state index in [9.17, 15) is 9.59 Å². The standard InChI is InChI=1S/C7H13NO6/c1-3(9)6(12)8-4(7(13)14)2-5(10)11/h3-4,6,8-9,12H,2H2,1H3,(H,10,11)(H,13,14)/t3?,4-,6?/m0/s1. The van der Waals surface area contributed by atoms with Gasteiger partial charge in [-0.3, -0.25) is 14.9 Å². The molecular weight excluding hydrogens is 194 g/mol. The average Bonchev–Trinajstić information content (AvgIpc) is 2.01. The van der Waals surface area contributed by atoms with Crippen molar-refractivity contribution in [3.8, 4) is 0 Å². The lowest BCUT2D eigenvalue weighted by Gasteiger charge is -2.19. The van der Waals surface area contributed by atoms with Gasteiger partial charge in [0.05, 0.1) is 12.5 Å². The smallest absolute Gasteiger partial charge is 0.321 e. The fourth-order valence-electron chi connectivity index (χ4n) is 0.738. The second-order valence-electron chi connectivity index (χ2n) is 2.84. The third kappa shape index (κ3) is 4.75. The van der Waals surface area contributed by atoms with Gasteiger partial charge >= 0.3 is 11.9 Å². The van der Waals surface area contributed by atoms with Crippen molar-refractivity contribution in [3.63, 3.8) is 0 Å². The van der Waals surface area contributed by atoms with E-state index < -0.39 is 36.7 Å². The molecule has 0 aromatic carbocycles. The van der Waals surface area contributed by atoms with E-state index in [1.807, 2.05) is 0 Å². The average molecular weight is 207 g/mol. The van der Waals surface area contributed by atoms with Crippen LogP contribution in [0.2, 0.25) is 0 Å². The highest BCUT2D eigenvalue weighted by molar-refractivity contribution is 5.80. The molecule has 0 spiro atoms. The van der Waals surface area contributed by atoms with E-state index in [1.165, 1.54) is 6.92 Å². The number of carboxylic acid groups (broad SMARTS) is 2. The number of rotatable bonds is 6. The fraction of sp³-hybridized carbons (Fsp3) is 0.714. The van der Waals surface area contributed by atoms with Crippen molar-refractivity contribution in [3.05, 3.63) is 0 Å². The number of nitrogens with one attached hydrogen (secondary N) is 1. The zero-order valence-corrected chi connectivity index (χ0v) is 7.54. The molecule has 82 valence electrons. The molecule has 0 aliphatic rings. The molecule has 0 radical (unpaired) electrons. The summed E-state index contributed by atoms with van der Waals surface area (Å²) in [7, 11) is 0. The Morgan fingerprint density at radius 3 is 2.07 bits per heavy atom. The lowest BCUT2D eigenvalue weighted by atomic mass is 10.2. The van der Waals surface area contributed by atoms with Crippen molar-refractivity contribution in [1.29, 1.82) is 0 Å². The van der Waals surface area contributed by atoms with Crippen LogP contribution in [0.25, 0.3) is 0 Å². The van der Waals surface area contributed by atoms with Gasteiger partial charge in [-0.15, -0.1) is 0 Å². The minimum atomic E-state index is -1.46. The minimum Gasteiger partial charge on any atom is -0.481 e. The van der Waals surface area contributed by atoms with Crippen LogP contribution in [0, 0.1) is 0 Å². The van der Waals surface area contributed by atoms with Crippen LogP contribution in [-0.2, 0) is 9.59 Å². The molecule has 3 atom stereocenters. The van der Waals surface area contributed by atoms with E-state index >= 15 is 0 Å². The maximum atomic E-state index is 10.5. The SMILES string of the molecule is CC(O)C(O)N[C@@H](CC(=O)O)C(=O)O. The molecule has 0 fully saturated rings. The zero-order valence-electron chi connectivity index (χ0n) is 7.54. The Morgan fingerprint density at radius 2 is 1.79 bits per heavy atom. The fourth-order valence-corrected chi connectivity index (χ4v) is 0.738. The number of hydrogen-bond acceptors (Lipinski definition) is 5. The van der Waals surface area contributed by atoms with Gasteiger partial charge in [0.2, 0.25) is 0 Å². The van der Waals surface area contributed by atoms with Crippen LogP contribution in [0.4, 0.5) is 0 Å². The molecule has 7 nitrogen and oxygen atoms in total. The monoisotopic (exact) mass is 207 g/mol. The first-order valence-corrected chi connectivity index (χ1v) is 3.91. The van der Waals surface area contributed by atoms with Gasteiger partial charge in [0.15, 0.2) is 0 Å². The van der Waals surface area contributed by atoms with Gasteiger partial charge < -0.3 is 20.4 Å². The van der Waals surface area contributed by atoms with E-state index in [2.05, 4.69) is 5.32 Å². The molecule has 0 heterocycles. The first kappa shape index (κ1) is 12.8. The molecule has 7 heteroatoms. The molecular formula is C7H13NO6. The molecule has 0 bridgehead atoms. The highest BCUT2D eigenvalue weighted by Gasteiger charge is 2.24.